The van der Waals surface area contributed by atoms with Crippen LogP contribution in [0, 0.1) is 6.92 Å². The van der Waals surface area contributed by atoms with Gasteiger partial charge in [0.05, 0.1) is 26.6 Å². The van der Waals surface area contributed by atoms with E-state index in [0.29, 0.717) is 22.6 Å². The van der Waals surface area contributed by atoms with Crippen molar-refractivity contribution >= 4 is 38.3 Å². The molecule has 8 nitrogen and oxygen atoms in total. The van der Waals surface area contributed by atoms with Crippen molar-refractivity contribution in [3.05, 3.63) is 91.5 Å². The molecule has 0 bridgehead atoms. The number of hydrogen-bond donors (Lipinski definition) is 4. The Balaban J connectivity index is 1.70. The first-order chi connectivity index (χ1) is 15.2. The van der Waals surface area contributed by atoms with Gasteiger partial charge in [-0.1, -0.05) is 35.9 Å². The molecule has 0 spiro atoms. The van der Waals surface area contributed by atoms with Gasteiger partial charge in [0.15, 0.2) is 0 Å². The first-order valence-corrected chi connectivity index (χ1v) is 11.4. The molecular weight excluding hydrogens is 452 g/mol. The van der Waals surface area contributed by atoms with Crippen molar-refractivity contribution in [1.29, 1.82) is 0 Å². The maximum absolute atomic E-state index is 13.0. The third-order valence-corrected chi connectivity index (χ3v) is 6.84. The summed E-state index contributed by atoms with van der Waals surface area (Å²) in [6.07, 6.45) is 0. The maximum atomic E-state index is 13.0. The predicted octanol–water partition coefficient (Wildman–Crippen LogP) is 3.10. The molecule has 1 heterocycles. The summed E-state index contributed by atoms with van der Waals surface area (Å²) in [6, 6.07) is 15.3. The van der Waals surface area contributed by atoms with Crippen molar-refractivity contribution in [3.63, 3.8) is 0 Å². The van der Waals surface area contributed by atoms with Gasteiger partial charge in [-0.05, 0) is 53.9 Å². The second-order valence-electron chi connectivity index (χ2n) is 7.28. The molecule has 0 unspecified atom stereocenters. The molecule has 10 heteroatoms. The summed E-state index contributed by atoms with van der Waals surface area (Å²) >= 11 is 6.44. The van der Waals surface area contributed by atoms with Crippen LogP contribution in [0.25, 0.3) is 22.2 Å². The Morgan fingerprint density at radius 1 is 0.969 bits per heavy atom. The van der Waals surface area contributed by atoms with Crippen LogP contribution in [0.4, 0.5) is 5.69 Å². The van der Waals surface area contributed by atoms with E-state index in [1.165, 1.54) is 18.2 Å². The number of hydrogen-bond acceptors (Lipinski definition) is 5. The van der Waals surface area contributed by atoms with E-state index < -0.39 is 21.1 Å². The Morgan fingerprint density at radius 3 is 2.31 bits per heavy atom. The van der Waals surface area contributed by atoms with Gasteiger partial charge in [-0.15, -0.1) is 0 Å². The Labute approximate surface area is 188 Å². The fraction of sp³-hybridized carbons (Fsp3) is 0.0909. The van der Waals surface area contributed by atoms with Crippen LogP contribution in [0.5, 0.6) is 0 Å². The predicted molar refractivity (Wildman–Crippen MR) is 126 cm³/mol. The first-order valence-electron chi connectivity index (χ1n) is 9.56. The molecule has 0 aliphatic carbocycles. The van der Waals surface area contributed by atoms with Crippen molar-refractivity contribution in [2.45, 2.75) is 18.4 Å². The van der Waals surface area contributed by atoms with Crippen LogP contribution < -0.4 is 21.6 Å². The average molecular weight is 471 g/mol. The molecule has 0 saturated heterocycles. The van der Waals surface area contributed by atoms with Gasteiger partial charge >= 0.3 is 11.1 Å². The summed E-state index contributed by atoms with van der Waals surface area (Å²) in [4.78, 5) is 27.9. The van der Waals surface area contributed by atoms with Gasteiger partial charge in [0.1, 0.15) is 0 Å². The molecule has 0 aliphatic heterocycles. The number of nitrogens with one attached hydrogen (secondary N) is 3. The van der Waals surface area contributed by atoms with Gasteiger partial charge in [-0.2, -0.15) is 0 Å². The highest BCUT2D eigenvalue weighted by atomic mass is 35.5. The lowest BCUT2D eigenvalue weighted by Crippen LogP contribution is -2.29. The normalized spacial score (nSPS) is 11.6. The number of anilines is 1. The average Bonchev–Trinajstić information content (AvgIpc) is 2.74. The van der Waals surface area contributed by atoms with Gasteiger partial charge < -0.3 is 15.7 Å². The van der Waals surface area contributed by atoms with Gasteiger partial charge in [-0.3, -0.25) is 14.3 Å². The lowest BCUT2D eigenvalue weighted by atomic mass is 10.0. The number of nitrogens with two attached hydrogens (primary N) is 1. The molecule has 0 fully saturated rings. The summed E-state index contributed by atoms with van der Waals surface area (Å²) in [5.41, 5.74) is 7.81. The Morgan fingerprint density at radius 2 is 1.66 bits per heavy atom. The Bertz CT molecular complexity index is 1580. The van der Waals surface area contributed by atoms with Crippen LogP contribution in [0.15, 0.2) is 69.1 Å². The second-order valence-corrected chi connectivity index (χ2v) is 9.33. The molecular formula is C22H19ClN4O4S. The number of sulfonamides is 1. The van der Waals surface area contributed by atoms with E-state index >= 15 is 0 Å². The Kier molecular flexibility index (Phi) is 5.64. The van der Waals surface area contributed by atoms with Gasteiger partial charge in [0, 0.05) is 12.1 Å². The fourth-order valence-electron chi connectivity index (χ4n) is 3.43. The highest BCUT2D eigenvalue weighted by Crippen LogP contribution is 2.32. The second kappa shape index (κ2) is 8.27. The zero-order chi connectivity index (χ0) is 23.0. The minimum absolute atomic E-state index is 0.0384. The molecule has 3 aromatic carbocycles. The van der Waals surface area contributed by atoms with Gasteiger partial charge in [-0.25, -0.2) is 8.42 Å². The molecule has 0 radical (unpaired) electrons. The summed E-state index contributed by atoms with van der Waals surface area (Å²) in [5.74, 6) is 0. The zero-order valence-electron chi connectivity index (χ0n) is 16.9. The van der Waals surface area contributed by atoms with Crippen molar-refractivity contribution < 1.29 is 8.42 Å². The summed E-state index contributed by atoms with van der Waals surface area (Å²) in [6.45, 7) is 1.99. The quantitative estimate of drug-likeness (QED) is 0.332. The van der Waals surface area contributed by atoms with Crippen molar-refractivity contribution in [3.8, 4) is 11.1 Å². The minimum atomic E-state index is -4.00. The van der Waals surface area contributed by atoms with Crippen LogP contribution >= 0.6 is 11.6 Å². The van der Waals surface area contributed by atoms with Crippen LogP contribution in [0.2, 0.25) is 5.02 Å². The topological polar surface area (TPSA) is 138 Å². The molecule has 4 aromatic rings. The van der Waals surface area contributed by atoms with Gasteiger partial charge in [0.25, 0.3) is 10.0 Å². The molecule has 5 N–H and O–H groups in total. The molecule has 0 aliphatic rings. The van der Waals surface area contributed by atoms with E-state index in [4.69, 9.17) is 17.3 Å². The summed E-state index contributed by atoms with van der Waals surface area (Å²) in [5, 5.41) is 0.372. The van der Waals surface area contributed by atoms with E-state index in [9.17, 15) is 18.0 Å². The number of benzene rings is 3. The lowest BCUT2D eigenvalue weighted by Gasteiger charge is -2.13. The largest absolute Gasteiger partial charge is 0.326 e. The number of halogens is 1. The number of aryl methyl sites for hydroxylation is 1. The number of H-pyrrole nitrogens is 2. The SMILES string of the molecule is Cc1cc2[nH]c(=O)c(=O)[nH]c2cc1S(=O)(=O)Nc1ccc(-c2cccc(CN)c2)c(Cl)c1. The van der Waals surface area contributed by atoms with E-state index in [1.54, 1.807) is 19.1 Å². The Hall–Kier alpha value is -3.40. The first kappa shape index (κ1) is 21.8. The maximum Gasteiger partial charge on any atom is 0.314 e. The number of aromatic amines is 2. The summed E-state index contributed by atoms with van der Waals surface area (Å²) in [7, 11) is -4.00. The number of aromatic nitrogens is 2. The smallest absolute Gasteiger partial charge is 0.314 e. The van der Waals surface area contributed by atoms with Crippen molar-refractivity contribution in [2.75, 3.05) is 4.72 Å². The molecule has 164 valence electrons. The number of rotatable bonds is 5. The van der Waals surface area contributed by atoms with Crippen LogP contribution in [-0.2, 0) is 16.6 Å². The summed E-state index contributed by atoms with van der Waals surface area (Å²) < 4.78 is 28.6. The van der Waals surface area contributed by atoms with E-state index in [-0.39, 0.29) is 16.1 Å². The molecule has 1 aromatic heterocycles. The van der Waals surface area contributed by atoms with Gasteiger partial charge in [0.2, 0.25) is 0 Å². The highest BCUT2D eigenvalue weighted by Gasteiger charge is 2.19. The van der Waals surface area contributed by atoms with Crippen LogP contribution in [0.1, 0.15) is 11.1 Å². The lowest BCUT2D eigenvalue weighted by molar-refractivity contribution is 0.600. The molecule has 0 saturated carbocycles. The molecule has 0 atom stereocenters. The molecule has 32 heavy (non-hydrogen) atoms. The molecule has 0 amide bonds. The van der Waals surface area contributed by atoms with E-state index in [1.807, 2.05) is 24.3 Å². The standard InChI is InChI=1S/C22H19ClN4O4S/c1-12-7-18-19(26-22(29)21(28)25-18)10-20(12)32(30,31)27-15-5-6-16(17(23)9-15)14-4-2-3-13(8-14)11-24/h2-10,27H,11,24H2,1H3,(H,25,28)(H,26,29). The van der Waals surface area contributed by atoms with Crippen LogP contribution in [-0.4, -0.2) is 18.4 Å². The van der Waals surface area contributed by atoms with E-state index in [0.717, 1.165) is 16.7 Å². The minimum Gasteiger partial charge on any atom is -0.326 e. The zero-order valence-corrected chi connectivity index (χ0v) is 18.5. The third-order valence-electron chi connectivity index (χ3n) is 5.00. The monoisotopic (exact) mass is 470 g/mol. The number of fused-ring (bicyclic) bond motifs is 1. The highest BCUT2D eigenvalue weighted by molar-refractivity contribution is 7.92. The molecule has 4 rings (SSSR count). The van der Waals surface area contributed by atoms with E-state index in [2.05, 4.69) is 14.7 Å². The van der Waals surface area contributed by atoms with Crippen molar-refractivity contribution in [2.24, 2.45) is 5.73 Å². The van der Waals surface area contributed by atoms with Crippen LogP contribution in [0.3, 0.4) is 0 Å². The van der Waals surface area contributed by atoms with Crippen molar-refractivity contribution in [1.82, 2.24) is 9.97 Å². The fourth-order valence-corrected chi connectivity index (χ4v) is 5.02. The third kappa shape index (κ3) is 4.18.